The lowest BCUT2D eigenvalue weighted by Gasteiger charge is -2.26. The summed E-state index contributed by atoms with van der Waals surface area (Å²) in [7, 11) is 0. The molecule has 2 rings (SSSR count). The summed E-state index contributed by atoms with van der Waals surface area (Å²) in [4.78, 5) is 0. The molecule has 2 atom stereocenters. The molecule has 2 heteroatoms. The highest BCUT2D eigenvalue weighted by atomic mass is 16.5. The maximum absolute atomic E-state index is 6.00. The van der Waals surface area contributed by atoms with Crippen molar-refractivity contribution in [3.05, 3.63) is 65.7 Å². The molecule has 1 N–H and O–H groups in total. The Labute approximate surface area is 147 Å². The molecule has 0 radical (unpaired) electrons. The van der Waals surface area contributed by atoms with Crippen LogP contribution in [-0.2, 0) is 6.61 Å². The topological polar surface area (TPSA) is 21.3 Å². The predicted octanol–water partition coefficient (Wildman–Crippen LogP) is 5.74. The van der Waals surface area contributed by atoms with E-state index in [9.17, 15) is 0 Å². The Bertz CT molecular complexity index is 582. The molecule has 0 aliphatic heterocycles. The van der Waals surface area contributed by atoms with Crippen molar-refractivity contribution in [1.29, 1.82) is 0 Å². The Morgan fingerprint density at radius 3 is 2.46 bits per heavy atom. The van der Waals surface area contributed by atoms with E-state index >= 15 is 0 Å². The van der Waals surface area contributed by atoms with E-state index in [-0.39, 0.29) is 0 Å². The summed E-state index contributed by atoms with van der Waals surface area (Å²) >= 11 is 0. The Balaban J connectivity index is 2.07. The normalized spacial score (nSPS) is 13.5. The Morgan fingerprint density at radius 1 is 0.958 bits per heavy atom. The molecular weight excluding hydrogens is 294 g/mol. The number of hydrogen-bond acceptors (Lipinski definition) is 2. The van der Waals surface area contributed by atoms with Crippen LogP contribution in [0.15, 0.2) is 54.6 Å². The van der Waals surface area contributed by atoms with E-state index in [0.717, 1.165) is 18.7 Å². The van der Waals surface area contributed by atoms with Crippen molar-refractivity contribution >= 4 is 0 Å². The van der Waals surface area contributed by atoms with Gasteiger partial charge in [-0.2, -0.15) is 0 Å². The van der Waals surface area contributed by atoms with E-state index in [0.29, 0.717) is 18.6 Å². The molecule has 0 heterocycles. The molecule has 24 heavy (non-hydrogen) atoms. The molecule has 0 bridgehead atoms. The largest absolute Gasteiger partial charge is 0.489 e. The van der Waals surface area contributed by atoms with Gasteiger partial charge in [0.1, 0.15) is 12.4 Å². The van der Waals surface area contributed by atoms with Crippen LogP contribution in [0.3, 0.4) is 0 Å². The fourth-order valence-electron chi connectivity index (χ4n) is 3.11. The van der Waals surface area contributed by atoms with Crippen molar-refractivity contribution in [2.24, 2.45) is 5.92 Å². The zero-order valence-corrected chi connectivity index (χ0v) is 15.3. The summed E-state index contributed by atoms with van der Waals surface area (Å²) in [6.07, 6.45) is 3.60. The summed E-state index contributed by atoms with van der Waals surface area (Å²) in [6, 6.07) is 19.3. The first-order valence-corrected chi connectivity index (χ1v) is 9.24. The average molecular weight is 325 g/mol. The van der Waals surface area contributed by atoms with Crippen LogP contribution < -0.4 is 10.1 Å². The fraction of sp³-hybridized carbons (Fsp3) is 0.455. The second kappa shape index (κ2) is 10.1. The summed E-state index contributed by atoms with van der Waals surface area (Å²) in [6.45, 7) is 8.48. The number of ether oxygens (including phenoxy) is 1. The van der Waals surface area contributed by atoms with Crippen LogP contribution in [0.25, 0.3) is 0 Å². The fourth-order valence-corrected chi connectivity index (χ4v) is 3.11. The van der Waals surface area contributed by atoms with Crippen LogP contribution in [0.1, 0.15) is 57.2 Å². The van der Waals surface area contributed by atoms with Gasteiger partial charge >= 0.3 is 0 Å². The van der Waals surface area contributed by atoms with Gasteiger partial charge in [-0.1, -0.05) is 69.7 Å². The van der Waals surface area contributed by atoms with E-state index in [1.54, 1.807) is 0 Å². The molecule has 0 amide bonds. The molecule has 0 aromatic heterocycles. The van der Waals surface area contributed by atoms with Crippen LogP contribution in [0.5, 0.6) is 5.75 Å². The van der Waals surface area contributed by atoms with E-state index in [1.165, 1.54) is 24.0 Å². The maximum Gasteiger partial charge on any atom is 0.120 e. The monoisotopic (exact) mass is 325 g/mol. The van der Waals surface area contributed by atoms with Crippen LogP contribution in [0.4, 0.5) is 0 Å². The number of hydrogen-bond donors (Lipinski definition) is 1. The highest BCUT2D eigenvalue weighted by molar-refractivity contribution is 5.31. The number of benzene rings is 2. The minimum absolute atomic E-state index is 0.394. The third kappa shape index (κ3) is 5.68. The second-order valence-electron chi connectivity index (χ2n) is 6.54. The number of rotatable bonds is 10. The third-order valence-electron chi connectivity index (χ3n) is 4.39. The highest BCUT2D eigenvalue weighted by Crippen LogP contribution is 2.28. The van der Waals surface area contributed by atoms with Gasteiger partial charge < -0.3 is 10.1 Å². The predicted molar refractivity (Wildman–Crippen MR) is 102 cm³/mol. The molecule has 0 spiro atoms. The van der Waals surface area contributed by atoms with Gasteiger partial charge in [-0.3, -0.25) is 0 Å². The van der Waals surface area contributed by atoms with Crippen molar-refractivity contribution in [3.63, 3.8) is 0 Å². The van der Waals surface area contributed by atoms with Gasteiger partial charge in [0, 0.05) is 6.04 Å². The Hall–Kier alpha value is -1.80. The molecule has 0 fully saturated rings. The first-order valence-electron chi connectivity index (χ1n) is 9.24. The van der Waals surface area contributed by atoms with Crippen LogP contribution in [0.2, 0.25) is 0 Å². The Morgan fingerprint density at radius 2 is 1.75 bits per heavy atom. The molecule has 2 unspecified atom stereocenters. The molecule has 2 aromatic rings. The highest BCUT2D eigenvalue weighted by Gasteiger charge is 2.18. The standard InChI is InChI=1S/C22H31NO/c1-4-10-18(3)22(23-15-5-2)20-13-9-14-21(16-20)24-17-19-11-7-6-8-12-19/h6-9,11-14,16,18,22-23H,4-5,10,15,17H2,1-3H3. The zero-order chi connectivity index (χ0) is 17.2. The van der Waals surface area contributed by atoms with Crippen LogP contribution in [0, 0.1) is 5.92 Å². The lowest BCUT2D eigenvalue weighted by Crippen LogP contribution is -2.27. The molecular formula is C22H31NO. The summed E-state index contributed by atoms with van der Waals surface area (Å²) in [5.41, 5.74) is 2.53. The van der Waals surface area contributed by atoms with E-state index < -0.39 is 0 Å². The minimum atomic E-state index is 0.394. The van der Waals surface area contributed by atoms with Crippen LogP contribution >= 0.6 is 0 Å². The summed E-state index contributed by atoms with van der Waals surface area (Å²) in [5.74, 6) is 1.56. The van der Waals surface area contributed by atoms with Gasteiger partial charge in [-0.25, -0.2) is 0 Å². The van der Waals surface area contributed by atoms with Crippen molar-refractivity contribution in [3.8, 4) is 5.75 Å². The van der Waals surface area contributed by atoms with Crippen molar-refractivity contribution in [2.45, 2.75) is 52.7 Å². The third-order valence-corrected chi connectivity index (χ3v) is 4.39. The smallest absolute Gasteiger partial charge is 0.120 e. The summed E-state index contributed by atoms with van der Waals surface area (Å²) in [5, 5.41) is 3.72. The Kier molecular flexibility index (Phi) is 7.84. The quantitative estimate of drug-likeness (QED) is 0.601. The minimum Gasteiger partial charge on any atom is -0.489 e. The van der Waals surface area contributed by atoms with Gasteiger partial charge in [0.2, 0.25) is 0 Å². The van der Waals surface area contributed by atoms with Crippen molar-refractivity contribution < 1.29 is 4.74 Å². The molecule has 0 saturated carbocycles. The molecule has 0 aliphatic rings. The first-order chi connectivity index (χ1) is 11.7. The van der Waals surface area contributed by atoms with E-state index in [1.807, 2.05) is 24.3 Å². The SMILES string of the molecule is CCCNC(c1cccc(OCc2ccccc2)c1)C(C)CCC. The van der Waals surface area contributed by atoms with Crippen LogP contribution in [-0.4, -0.2) is 6.54 Å². The van der Waals surface area contributed by atoms with Gasteiger partial charge in [0.15, 0.2) is 0 Å². The average Bonchev–Trinajstić information content (AvgIpc) is 2.62. The van der Waals surface area contributed by atoms with Gasteiger partial charge in [-0.15, -0.1) is 0 Å². The second-order valence-corrected chi connectivity index (χ2v) is 6.54. The molecule has 2 aromatic carbocycles. The molecule has 130 valence electrons. The molecule has 2 nitrogen and oxygen atoms in total. The first kappa shape index (κ1) is 18.5. The van der Waals surface area contributed by atoms with E-state index in [2.05, 4.69) is 56.4 Å². The maximum atomic E-state index is 6.00. The van der Waals surface area contributed by atoms with Crippen molar-refractivity contribution in [2.75, 3.05) is 6.54 Å². The van der Waals surface area contributed by atoms with Gasteiger partial charge in [-0.05, 0) is 48.6 Å². The number of nitrogens with one attached hydrogen (secondary N) is 1. The molecule has 0 saturated heterocycles. The van der Waals surface area contributed by atoms with Gasteiger partial charge in [0.05, 0.1) is 0 Å². The van der Waals surface area contributed by atoms with Gasteiger partial charge in [0.25, 0.3) is 0 Å². The molecule has 0 aliphatic carbocycles. The lowest BCUT2D eigenvalue weighted by atomic mass is 9.91. The van der Waals surface area contributed by atoms with Crippen molar-refractivity contribution in [1.82, 2.24) is 5.32 Å². The van der Waals surface area contributed by atoms with E-state index in [4.69, 9.17) is 4.74 Å². The zero-order valence-electron chi connectivity index (χ0n) is 15.3. The lowest BCUT2D eigenvalue weighted by molar-refractivity contribution is 0.304. The summed E-state index contributed by atoms with van der Waals surface area (Å²) < 4.78 is 6.00.